The van der Waals surface area contributed by atoms with Crippen LogP contribution < -0.4 is 11.5 Å². The molecule has 0 unspecified atom stereocenters. The molecule has 1 aliphatic heterocycles. The van der Waals surface area contributed by atoms with Crippen LogP contribution in [-0.2, 0) is 11.4 Å². The number of guanidine groups is 2. The van der Waals surface area contributed by atoms with E-state index in [9.17, 15) is 0 Å². The number of aliphatic imine (C=N–C) groups is 2. The molecule has 1 aromatic rings. The molecule has 1 heterocycles. The summed E-state index contributed by atoms with van der Waals surface area (Å²) in [5.41, 5.74) is 11.4. The fraction of sp³-hybridized carbons (Fsp3) is 0.333. The third-order valence-corrected chi connectivity index (χ3v) is 3.56. The van der Waals surface area contributed by atoms with Crippen LogP contribution in [0.15, 0.2) is 28.2 Å². The van der Waals surface area contributed by atoms with E-state index in [4.69, 9.17) is 39.5 Å². The number of hydroxylamine groups is 2. The zero-order valence-electron chi connectivity index (χ0n) is 11.5. The third-order valence-electron chi connectivity index (χ3n) is 2.70. The molecule has 2 rings (SSSR count). The highest BCUT2D eigenvalue weighted by molar-refractivity contribution is 8.93. The molecule has 4 N–H and O–H groups in total. The lowest BCUT2D eigenvalue weighted by atomic mass is 10.2. The summed E-state index contributed by atoms with van der Waals surface area (Å²) in [6.07, 6.45) is 0. The van der Waals surface area contributed by atoms with Crippen LogP contribution in [0.2, 0.25) is 10.0 Å². The molecule has 21 heavy (non-hydrogen) atoms. The average molecular weight is 397 g/mol. The van der Waals surface area contributed by atoms with E-state index in [1.165, 1.54) is 5.06 Å². The van der Waals surface area contributed by atoms with Crippen molar-refractivity contribution in [2.24, 2.45) is 21.5 Å². The van der Waals surface area contributed by atoms with Gasteiger partial charge in [-0.15, -0.1) is 17.0 Å². The Labute approximate surface area is 143 Å². The van der Waals surface area contributed by atoms with Crippen molar-refractivity contribution in [2.75, 3.05) is 0 Å². The van der Waals surface area contributed by atoms with E-state index in [0.29, 0.717) is 10.0 Å². The molecule has 0 saturated carbocycles. The average Bonchev–Trinajstić information content (AvgIpc) is 2.32. The number of hydrogen-bond acceptors (Lipinski definition) is 6. The highest BCUT2D eigenvalue weighted by atomic mass is 79.9. The number of rotatable bonds is 3. The first-order chi connectivity index (χ1) is 9.31. The van der Waals surface area contributed by atoms with Gasteiger partial charge < -0.3 is 11.5 Å². The van der Waals surface area contributed by atoms with Gasteiger partial charge in [-0.05, 0) is 19.9 Å². The van der Waals surface area contributed by atoms with Crippen molar-refractivity contribution in [3.05, 3.63) is 33.8 Å². The molecule has 116 valence electrons. The first kappa shape index (κ1) is 18.0. The highest BCUT2D eigenvalue weighted by Crippen LogP contribution is 2.27. The Morgan fingerprint density at radius 1 is 1.29 bits per heavy atom. The van der Waals surface area contributed by atoms with Gasteiger partial charge in [0.1, 0.15) is 6.61 Å². The van der Waals surface area contributed by atoms with Gasteiger partial charge in [-0.1, -0.05) is 35.3 Å². The SMILES string of the molecule is Br.CC1(C)N=C(N)N=C(N)N1OCc1cccc(Cl)c1Cl. The standard InChI is InChI=1S/C12H15Cl2N5O.BrH/c1-12(2)18-10(15)17-11(16)19(12)20-6-7-4-3-5-8(13)9(7)14;/h3-5H,6H2,1-2H3,(H4,15,16,17,18);1H. The van der Waals surface area contributed by atoms with E-state index in [1.807, 2.05) is 6.07 Å². The van der Waals surface area contributed by atoms with Gasteiger partial charge >= 0.3 is 0 Å². The van der Waals surface area contributed by atoms with Gasteiger partial charge in [-0.2, -0.15) is 10.1 Å². The van der Waals surface area contributed by atoms with Crippen molar-refractivity contribution in [1.29, 1.82) is 0 Å². The van der Waals surface area contributed by atoms with Crippen LogP contribution in [0.4, 0.5) is 0 Å². The van der Waals surface area contributed by atoms with Crippen LogP contribution in [0, 0.1) is 0 Å². The summed E-state index contributed by atoms with van der Waals surface area (Å²) in [4.78, 5) is 13.7. The largest absolute Gasteiger partial charge is 0.368 e. The molecule has 1 aromatic carbocycles. The van der Waals surface area contributed by atoms with Gasteiger partial charge in [0.15, 0.2) is 5.66 Å². The Morgan fingerprint density at radius 3 is 2.57 bits per heavy atom. The topological polar surface area (TPSA) is 89.2 Å². The van der Waals surface area contributed by atoms with Crippen LogP contribution in [0.1, 0.15) is 19.4 Å². The van der Waals surface area contributed by atoms with Crippen molar-refractivity contribution >= 4 is 52.1 Å². The quantitative estimate of drug-likeness (QED) is 0.821. The van der Waals surface area contributed by atoms with Gasteiger partial charge in [0.2, 0.25) is 11.9 Å². The van der Waals surface area contributed by atoms with Crippen molar-refractivity contribution in [3.8, 4) is 0 Å². The summed E-state index contributed by atoms with van der Waals surface area (Å²) in [6.45, 7) is 3.80. The monoisotopic (exact) mass is 395 g/mol. The minimum Gasteiger partial charge on any atom is -0.368 e. The van der Waals surface area contributed by atoms with E-state index in [2.05, 4.69) is 9.98 Å². The molecule has 0 aliphatic carbocycles. The first-order valence-corrected chi connectivity index (χ1v) is 6.62. The predicted octanol–water partition coefficient (Wildman–Crippen LogP) is 2.68. The molecular weight excluding hydrogens is 381 g/mol. The summed E-state index contributed by atoms with van der Waals surface area (Å²) in [6, 6.07) is 5.32. The van der Waals surface area contributed by atoms with Crippen LogP contribution in [-0.4, -0.2) is 22.6 Å². The third kappa shape index (κ3) is 4.00. The summed E-state index contributed by atoms with van der Waals surface area (Å²) in [7, 11) is 0. The Kier molecular flexibility index (Phi) is 5.86. The number of nitrogens with two attached hydrogens (primary N) is 2. The van der Waals surface area contributed by atoms with E-state index in [-0.39, 0.29) is 35.5 Å². The fourth-order valence-electron chi connectivity index (χ4n) is 1.81. The van der Waals surface area contributed by atoms with Crippen LogP contribution in [0.25, 0.3) is 0 Å². The first-order valence-electron chi connectivity index (χ1n) is 5.87. The molecule has 0 radical (unpaired) electrons. The maximum atomic E-state index is 6.10. The molecular formula is C12H16BrCl2N5O. The second kappa shape index (κ2) is 6.83. The van der Waals surface area contributed by atoms with Crippen LogP contribution in [0.3, 0.4) is 0 Å². The molecule has 0 atom stereocenters. The molecule has 0 amide bonds. The fourth-order valence-corrected chi connectivity index (χ4v) is 2.19. The molecule has 0 fully saturated rings. The van der Waals surface area contributed by atoms with Crippen molar-refractivity contribution in [1.82, 2.24) is 5.06 Å². The molecule has 1 aliphatic rings. The normalized spacial score (nSPS) is 16.9. The van der Waals surface area contributed by atoms with Crippen molar-refractivity contribution in [2.45, 2.75) is 26.1 Å². The zero-order valence-corrected chi connectivity index (χ0v) is 14.7. The smallest absolute Gasteiger partial charge is 0.226 e. The minimum atomic E-state index is -0.749. The Morgan fingerprint density at radius 2 is 1.95 bits per heavy atom. The van der Waals surface area contributed by atoms with Gasteiger partial charge in [0, 0.05) is 5.56 Å². The van der Waals surface area contributed by atoms with Crippen LogP contribution in [0.5, 0.6) is 0 Å². The maximum Gasteiger partial charge on any atom is 0.226 e. The minimum absolute atomic E-state index is 0. The second-order valence-electron chi connectivity index (χ2n) is 4.72. The Bertz CT molecular complexity index is 591. The van der Waals surface area contributed by atoms with Crippen molar-refractivity contribution < 1.29 is 4.84 Å². The van der Waals surface area contributed by atoms with Crippen LogP contribution >= 0.6 is 40.2 Å². The van der Waals surface area contributed by atoms with E-state index >= 15 is 0 Å². The number of benzene rings is 1. The second-order valence-corrected chi connectivity index (χ2v) is 5.50. The predicted molar refractivity (Wildman–Crippen MR) is 90.7 cm³/mol. The lowest BCUT2D eigenvalue weighted by Crippen LogP contribution is -2.53. The van der Waals surface area contributed by atoms with Gasteiger partial charge in [-0.25, -0.2) is 4.99 Å². The molecule has 9 heteroatoms. The molecule has 0 aromatic heterocycles. The highest BCUT2D eigenvalue weighted by Gasteiger charge is 2.33. The number of nitrogens with zero attached hydrogens (tertiary/aromatic N) is 3. The maximum absolute atomic E-state index is 6.10. The summed E-state index contributed by atoms with van der Waals surface area (Å²) < 4.78 is 0. The number of halogens is 3. The van der Waals surface area contributed by atoms with Crippen molar-refractivity contribution in [3.63, 3.8) is 0 Å². The Balaban J connectivity index is 0.00000220. The molecule has 0 bridgehead atoms. The van der Waals surface area contributed by atoms with Gasteiger partial charge in [-0.3, -0.25) is 4.84 Å². The molecule has 6 nitrogen and oxygen atoms in total. The zero-order chi connectivity index (χ0) is 14.9. The summed E-state index contributed by atoms with van der Waals surface area (Å²) in [5.74, 6) is 0.258. The van der Waals surface area contributed by atoms with E-state index in [1.54, 1.807) is 26.0 Å². The van der Waals surface area contributed by atoms with Gasteiger partial charge in [0.05, 0.1) is 10.0 Å². The van der Waals surface area contributed by atoms with Gasteiger partial charge in [0.25, 0.3) is 0 Å². The van der Waals surface area contributed by atoms with E-state index in [0.717, 1.165) is 5.56 Å². The summed E-state index contributed by atoms with van der Waals surface area (Å²) >= 11 is 12.1. The van der Waals surface area contributed by atoms with E-state index < -0.39 is 5.66 Å². The number of hydrogen-bond donors (Lipinski definition) is 2. The molecule has 0 saturated heterocycles. The lowest BCUT2D eigenvalue weighted by molar-refractivity contribution is -0.166. The lowest BCUT2D eigenvalue weighted by Gasteiger charge is -2.36. The Hall–Kier alpha value is -1.02. The summed E-state index contributed by atoms with van der Waals surface area (Å²) in [5, 5.41) is 2.30. The molecule has 0 spiro atoms.